The highest BCUT2D eigenvalue weighted by Crippen LogP contribution is 2.35. The van der Waals surface area contributed by atoms with E-state index in [1.807, 2.05) is 72.8 Å². The summed E-state index contributed by atoms with van der Waals surface area (Å²) in [6.45, 7) is 1.53. The molecule has 0 aliphatic heterocycles. The van der Waals surface area contributed by atoms with Crippen LogP contribution in [0.2, 0.25) is 0 Å². The Bertz CT molecular complexity index is 3610. The summed E-state index contributed by atoms with van der Waals surface area (Å²) in [7, 11) is 0. The minimum Gasteiger partial charge on any atom is -0.478 e. The molecule has 7 aromatic carbocycles. The Morgan fingerprint density at radius 2 is 0.974 bits per heavy atom. The van der Waals surface area contributed by atoms with Gasteiger partial charge in [0.25, 0.3) is 17.7 Å². The van der Waals surface area contributed by atoms with Gasteiger partial charge in [-0.25, -0.2) is 4.79 Å². The number of anilines is 3. The molecule has 0 unspecified atom stereocenters. The van der Waals surface area contributed by atoms with Crippen molar-refractivity contribution < 1.29 is 24.3 Å². The Labute approximate surface area is 473 Å². The van der Waals surface area contributed by atoms with Gasteiger partial charge in [-0.15, -0.1) is 20.4 Å². The second kappa shape index (κ2) is 24.2. The molecule has 16 nitrogen and oxygen atoms in total. The Balaban J connectivity index is 0.000000203. The van der Waals surface area contributed by atoms with Gasteiger partial charge in [0.15, 0.2) is 0 Å². The molecule has 11 rings (SSSR count). The number of carboxylic acid groups (broad SMARTS) is 1. The van der Waals surface area contributed by atoms with E-state index in [0.717, 1.165) is 73.8 Å². The van der Waals surface area contributed by atoms with Crippen molar-refractivity contribution >= 4 is 106 Å². The zero-order valence-corrected chi connectivity index (χ0v) is 46.7. The van der Waals surface area contributed by atoms with Crippen LogP contribution in [0.15, 0.2) is 155 Å². The quantitative estimate of drug-likeness (QED) is 0.0594. The number of benzene rings is 7. The van der Waals surface area contributed by atoms with Crippen molar-refractivity contribution in [2.75, 3.05) is 16.0 Å². The molecular weight excluding hydrogens is 1220 g/mol. The summed E-state index contributed by atoms with van der Waals surface area (Å²) in [6.07, 6.45) is 9.98. The van der Waals surface area contributed by atoms with Crippen LogP contribution < -0.4 is 16.0 Å². The first-order valence-electron chi connectivity index (χ1n) is 25.2. The third-order valence-electron chi connectivity index (χ3n) is 13.3. The summed E-state index contributed by atoms with van der Waals surface area (Å²) in [5.74, 6) is 0.952. The number of amides is 3. The zero-order chi connectivity index (χ0) is 53.4. The standard InChI is InChI=1S/C38H31BrN6O4.C20H19BrIN5O/c39-33-22-27(15-20-30(33)35-42-44-45(43-35)21-3-4-23-9-10-23)36(46)40-28-16-11-24(12-17-28)25-13-18-29(19-14-25)41-37(47)31-7-1-5-26-6-2-8-32(34(26)31)38(48)49;21-18-12-14(20(28)23-16-8-6-15(22)7-9-16)5-10-17(18)19-24-26-27(25-19)11-1-2-13-3-4-13/h1-2,5-8,11-20,22-23H,3-4,9-10,21H2,(H,40,46)(H,41,47)(H,48,49);5-10,12-13H,1-4,11H2,(H,23,28). The second-order valence-corrected chi connectivity index (χ2v) is 22.0. The first kappa shape index (κ1) is 52.9. The minimum atomic E-state index is -1.09. The first-order valence-corrected chi connectivity index (χ1v) is 27.9. The van der Waals surface area contributed by atoms with E-state index >= 15 is 0 Å². The van der Waals surface area contributed by atoms with Crippen LogP contribution in [0.1, 0.15) is 92.8 Å². The smallest absolute Gasteiger partial charge is 0.336 e. The van der Waals surface area contributed by atoms with Gasteiger partial charge in [0.1, 0.15) is 0 Å². The number of aromatic carboxylic acids is 1. The van der Waals surface area contributed by atoms with E-state index in [1.54, 1.807) is 76.3 Å². The first-order chi connectivity index (χ1) is 37.4. The highest BCUT2D eigenvalue weighted by atomic mass is 127. The van der Waals surface area contributed by atoms with Gasteiger partial charge in [-0.1, -0.05) is 106 Å². The molecule has 3 amide bonds. The predicted molar refractivity (Wildman–Crippen MR) is 312 cm³/mol. The highest BCUT2D eigenvalue weighted by Gasteiger charge is 2.23. The van der Waals surface area contributed by atoms with Crippen molar-refractivity contribution in [3.05, 3.63) is 180 Å². The molecule has 0 atom stereocenters. The average Bonchev–Trinajstić information content (AvgIpc) is 4.36. The number of nitrogens with zero attached hydrogens (tertiary/aromatic N) is 8. The fraction of sp³-hybridized carbons (Fsp3) is 0.207. The van der Waals surface area contributed by atoms with Crippen LogP contribution in [0, 0.1) is 15.4 Å². The topological polar surface area (TPSA) is 212 Å². The molecule has 388 valence electrons. The van der Waals surface area contributed by atoms with Crippen LogP contribution in [0.5, 0.6) is 0 Å². The zero-order valence-electron chi connectivity index (χ0n) is 41.4. The molecule has 19 heteroatoms. The third-order valence-corrected chi connectivity index (χ3v) is 15.3. The predicted octanol–water partition coefficient (Wildman–Crippen LogP) is 13.5. The van der Waals surface area contributed by atoms with E-state index in [0.29, 0.717) is 49.4 Å². The number of halogens is 3. The van der Waals surface area contributed by atoms with Crippen LogP contribution in [0.4, 0.5) is 17.1 Å². The van der Waals surface area contributed by atoms with E-state index in [9.17, 15) is 24.3 Å². The molecule has 4 N–H and O–H groups in total. The fourth-order valence-corrected chi connectivity index (χ4v) is 10.2. The van der Waals surface area contributed by atoms with Gasteiger partial charge in [-0.2, -0.15) is 9.59 Å². The van der Waals surface area contributed by atoms with Crippen molar-refractivity contribution in [1.82, 2.24) is 40.4 Å². The lowest BCUT2D eigenvalue weighted by Crippen LogP contribution is -2.13. The van der Waals surface area contributed by atoms with Crippen molar-refractivity contribution in [1.29, 1.82) is 0 Å². The number of aromatic nitrogens is 8. The Hall–Kier alpha value is -7.49. The lowest BCUT2D eigenvalue weighted by molar-refractivity contribution is 0.0698. The normalized spacial score (nSPS) is 12.9. The van der Waals surface area contributed by atoms with Gasteiger partial charge in [0, 0.05) is 62.8 Å². The number of nitrogens with one attached hydrogen (secondary N) is 3. The van der Waals surface area contributed by atoms with Gasteiger partial charge < -0.3 is 21.1 Å². The lowest BCUT2D eigenvalue weighted by Gasteiger charge is -2.11. The van der Waals surface area contributed by atoms with Crippen molar-refractivity contribution in [2.24, 2.45) is 11.8 Å². The Morgan fingerprint density at radius 1 is 0.545 bits per heavy atom. The summed E-state index contributed by atoms with van der Waals surface area (Å²) < 4.78 is 2.59. The number of tetrazole rings is 2. The molecule has 9 aromatic rings. The highest BCUT2D eigenvalue weighted by molar-refractivity contribution is 14.1. The van der Waals surface area contributed by atoms with E-state index in [1.165, 1.54) is 44.6 Å². The Kier molecular flexibility index (Phi) is 16.7. The molecule has 0 bridgehead atoms. The van der Waals surface area contributed by atoms with Gasteiger partial charge in [0.2, 0.25) is 11.6 Å². The largest absolute Gasteiger partial charge is 0.478 e. The summed E-state index contributed by atoms with van der Waals surface area (Å²) in [5, 5.41) is 45.1. The molecule has 0 radical (unpaired) electrons. The number of fused-ring (bicyclic) bond motifs is 1. The molecule has 2 heterocycles. The maximum absolute atomic E-state index is 13.2. The van der Waals surface area contributed by atoms with Crippen molar-refractivity contribution in [3.8, 4) is 33.9 Å². The minimum absolute atomic E-state index is 0.0765. The van der Waals surface area contributed by atoms with Gasteiger partial charge in [0.05, 0.1) is 18.7 Å². The maximum atomic E-state index is 13.2. The Morgan fingerprint density at radius 3 is 1.40 bits per heavy atom. The van der Waals surface area contributed by atoms with E-state index in [-0.39, 0.29) is 22.9 Å². The third kappa shape index (κ3) is 13.7. The number of hydrogen-bond acceptors (Lipinski definition) is 10. The number of carbonyl (C=O) groups excluding carboxylic acids is 3. The van der Waals surface area contributed by atoms with Crippen LogP contribution in [-0.2, 0) is 13.1 Å². The van der Waals surface area contributed by atoms with Crippen molar-refractivity contribution in [2.45, 2.75) is 64.5 Å². The summed E-state index contributed by atoms with van der Waals surface area (Å²) in [5.41, 5.74) is 6.82. The number of carboxylic acids is 1. The van der Waals surface area contributed by atoms with Gasteiger partial charge in [-0.3, -0.25) is 14.4 Å². The molecule has 2 saturated carbocycles. The number of rotatable bonds is 18. The van der Waals surface area contributed by atoms with Crippen LogP contribution in [0.3, 0.4) is 0 Å². The summed E-state index contributed by atoms with van der Waals surface area (Å²) in [6, 6.07) is 43.3. The van der Waals surface area contributed by atoms with E-state index < -0.39 is 11.9 Å². The van der Waals surface area contributed by atoms with E-state index in [4.69, 9.17) is 0 Å². The fourth-order valence-electron chi connectivity index (χ4n) is 8.76. The molecule has 2 fully saturated rings. The molecule has 2 aliphatic carbocycles. The van der Waals surface area contributed by atoms with Crippen LogP contribution >= 0.6 is 54.5 Å². The monoisotopic (exact) mass is 1270 g/mol. The van der Waals surface area contributed by atoms with Gasteiger partial charge >= 0.3 is 5.97 Å². The molecule has 77 heavy (non-hydrogen) atoms. The van der Waals surface area contributed by atoms with E-state index in [2.05, 4.69) is 101 Å². The maximum Gasteiger partial charge on any atom is 0.336 e. The van der Waals surface area contributed by atoms with Crippen molar-refractivity contribution in [3.63, 3.8) is 0 Å². The van der Waals surface area contributed by atoms with Crippen LogP contribution in [-0.4, -0.2) is 69.2 Å². The summed E-state index contributed by atoms with van der Waals surface area (Å²) in [4.78, 5) is 53.8. The molecular formula is C58H50Br2IN11O5. The number of hydrogen-bond donors (Lipinski definition) is 4. The molecule has 2 aromatic heterocycles. The lowest BCUT2D eigenvalue weighted by atomic mass is 9.98. The SMILES string of the molecule is O=C(Nc1ccc(-c2ccc(NC(=O)c3cccc4cccc(C(=O)O)c34)cc2)cc1)c1ccc(-c2nnn(CCCC3CC3)n2)c(Br)c1.O=C(Nc1ccc(I)cc1)c1ccc(-c2nnn(CCCC3CC3)n2)c(Br)c1. The van der Waals surface area contributed by atoms with Gasteiger partial charge in [-0.05, 0) is 184 Å². The number of aryl methyl sites for hydroxylation is 2. The van der Waals surface area contributed by atoms with Crippen LogP contribution in [0.25, 0.3) is 44.7 Å². The number of carbonyl (C=O) groups is 4. The molecule has 0 saturated heterocycles. The molecule has 0 spiro atoms. The summed E-state index contributed by atoms with van der Waals surface area (Å²) >= 11 is 9.34. The second-order valence-electron chi connectivity index (χ2n) is 19.0. The molecule has 2 aliphatic rings. The average molecular weight is 1270 g/mol.